The predicted octanol–water partition coefficient (Wildman–Crippen LogP) is 6.57. The first-order valence-electron chi connectivity index (χ1n) is 12.4. The largest absolute Gasteiger partial charge is 0.348 e. The third-order valence-corrected chi connectivity index (χ3v) is 7.77. The van der Waals surface area contributed by atoms with Crippen LogP contribution in [0, 0.1) is 12.8 Å². The topological polar surface area (TPSA) is 32.3 Å². The number of aryl methyl sites for hydroxylation is 1. The lowest BCUT2D eigenvalue weighted by molar-refractivity contribution is 0.0950. The normalized spacial score (nSPS) is 15.7. The van der Waals surface area contributed by atoms with Gasteiger partial charge in [-0.05, 0) is 93.4 Å². The zero-order valence-electron chi connectivity index (χ0n) is 20.3. The highest BCUT2D eigenvalue weighted by molar-refractivity contribution is 9.10. The van der Waals surface area contributed by atoms with E-state index in [1.165, 1.54) is 34.0 Å². The molecule has 1 aliphatic heterocycles. The molecule has 3 nitrogen and oxygen atoms in total. The highest BCUT2D eigenvalue weighted by atomic mass is 79.9. The van der Waals surface area contributed by atoms with Crippen LogP contribution in [0.1, 0.15) is 52.4 Å². The van der Waals surface area contributed by atoms with Gasteiger partial charge in [-0.25, -0.2) is 0 Å². The summed E-state index contributed by atoms with van der Waals surface area (Å²) in [7, 11) is 0. The molecular weight excluding hydrogens is 484 g/mol. The van der Waals surface area contributed by atoms with Gasteiger partial charge in [0.2, 0.25) is 0 Å². The Morgan fingerprint density at radius 1 is 1.00 bits per heavy atom. The minimum Gasteiger partial charge on any atom is -0.348 e. The van der Waals surface area contributed by atoms with Gasteiger partial charge in [-0.3, -0.25) is 4.79 Å². The van der Waals surface area contributed by atoms with Crippen LogP contribution in [-0.2, 0) is 19.4 Å². The Morgan fingerprint density at radius 3 is 2.50 bits per heavy atom. The molecule has 4 heteroatoms. The van der Waals surface area contributed by atoms with Crippen molar-refractivity contribution >= 4 is 21.8 Å². The highest BCUT2D eigenvalue weighted by Crippen LogP contribution is 2.27. The minimum atomic E-state index is -0.0125. The number of nitrogens with zero attached hydrogens (tertiary/aromatic N) is 1. The second-order valence-corrected chi connectivity index (χ2v) is 10.6. The molecule has 34 heavy (non-hydrogen) atoms. The summed E-state index contributed by atoms with van der Waals surface area (Å²) in [5.41, 5.74) is 5.85. The number of piperidine rings is 1. The molecule has 0 bridgehead atoms. The number of nitrogens with one attached hydrogen (secondary N) is 1. The van der Waals surface area contributed by atoms with Crippen LogP contribution in [0.4, 0.5) is 0 Å². The second-order valence-electron chi connectivity index (χ2n) is 9.70. The Bertz CT molecular complexity index is 1090. The first-order valence-corrected chi connectivity index (χ1v) is 13.2. The zero-order chi connectivity index (χ0) is 23.9. The Morgan fingerprint density at radius 2 is 1.74 bits per heavy atom. The van der Waals surface area contributed by atoms with Crippen molar-refractivity contribution < 1.29 is 4.79 Å². The van der Waals surface area contributed by atoms with Gasteiger partial charge in [0.1, 0.15) is 0 Å². The van der Waals surface area contributed by atoms with Crippen LogP contribution in [0.3, 0.4) is 0 Å². The van der Waals surface area contributed by atoms with E-state index in [0.29, 0.717) is 12.6 Å². The lowest BCUT2D eigenvalue weighted by Gasteiger charge is -2.36. The monoisotopic (exact) mass is 518 g/mol. The van der Waals surface area contributed by atoms with E-state index in [0.717, 1.165) is 43.0 Å². The van der Waals surface area contributed by atoms with Crippen LogP contribution in [0.2, 0.25) is 0 Å². The van der Waals surface area contributed by atoms with Crippen molar-refractivity contribution in [1.82, 2.24) is 10.2 Å². The van der Waals surface area contributed by atoms with Crippen LogP contribution in [0.15, 0.2) is 77.3 Å². The molecule has 3 aromatic rings. The van der Waals surface area contributed by atoms with Crippen LogP contribution >= 0.6 is 15.9 Å². The highest BCUT2D eigenvalue weighted by Gasteiger charge is 2.23. The molecule has 4 rings (SSSR count). The van der Waals surface area contributed by atoms with E-state index < -0.39 is 0 Å². The standard InChI is InChI=1S/C30H35BrN2O/c1-22-11-12-29(31)28(17-22)19-24-13-15-33(16-14-24)23(2)18-26-9-6-10-27(20-26)30(34)32-21-25-7-4-3-5-8-25/h3-12,17,20,23-24H,13-16,18-19,21H2,1-2H3,(H,32,34). The number of hydrogen-bond acceptors (Lipinski definition) is 2. The van der Waals surface area contributed by atoms with Crippen molar-refractivity contribution in [1.29, 1.82) is 0 Å². The quantitative estimate of drug-likeness (QED) is 0.365. The van der Waals surface area contributed by atoms with Crippen LogP contribution in [0.25, 0.3) is 0 Å². The molecule has 1 unspecified atom stereocenters. The van der Waals surface area contributed by atoms with Gasteiger partial charge in [0.15, 0.2) is 0 Å². The summed E-state index contributed by atoms with van der Waals surface area (Å²) in [6, 6.07) is 25.3. The number of likely N-dealkylation sites (tertiary alicyclic amines) is 1. The summed E-state index contributed by atoms with van der Waals surface area (Å²) in [6.07, 6.45) is 4.61. The maximum atomic E-state index is 12.7. The Hall–Kier alpha value is -2.43. The van der Waals surface area contributed by atoms with Crippen molar-refractivity contribution in [2.24, 2.45) is 5.92 Å². The molecule has 0 saturated carbocycles. The van der Waals surface area contributed by atoms with E-state index in [2.05, 4.69) is 70.3 Å². The Balaban J connectivity index is 1.27. The molecule has 0 aliphatic carbocycles. The lowest BCUT2D eigenvalue weighted by atomic mass is 9.89. The number of carbonyl (C=O) groups excluding carboxylic acids is 1. The van der Waals surface area contributed by atoms with Crippen molar-refractivity contribution in [2.45, 2.75) is 52.1 Å². The molecule has 1 N–H and O–H groups in total. The lowest BCUT2D eigenvalue weighted by Crippen LogP contribution is -2.41. The number of rotatable bonds is 8. The fourth-order valence-corrected chi connectivity index (χ4v) is 5.37. The second kappa shape index (κ2) is 11.8. The van der Waals surface area contributed by atoms with E-state index in [1.807, 2.05) is 42.5 Å². The summed E-state index contributed by atoms with van der Waals surface area (Å²) < 4.78 is 1.24. The molecule has 3 aromatic carbocycles. The number of amides is 1. The molecule has 0 spiro atoms. The third-order valence-electron chi connectivity index (χ3n) is 7.00. The number of benzene rings is 3. The average Bonchev–Trinajstić information content (AvgIpc) is 2.86. The molecule has 1 fully saturated rings. The van der Waals surface area contributed by atoms with Gasteiger partial charge in [0.25, 0.3) is 5.91 Å². The van der Waals surface area contributed by atoms with Crippen molar-refractivity contribution in [3.05, 3.63) is 105 Å². The fraction of sp³-hybridized carbons (Fsp3) is 0.367. The van der Waals surface area contributed by atoms with Gasteiger partial charge in [0.05, 0.1) is 0 Å². The molecule has 0 aromatic heterocycles. The van der Waals surface area contributed by atoms with Crippen molar-refractivity contribution in [2.75, 3.05) is 13.1 Å². The number of carbonyl (C=O) groups is 1. The smallest absolute Gasteiger partial charge is 0.251 e. The van der Waals surface area contributed by atoms with E-state index in [9.17, 15) is 4.79 Å². The van der Waals surface area contributed by atoms with Gasteiger partial charge >= 0.3 is 0 Å². The summed E-state index contributed by atoms with van der Waals surface area (Å²) in [5, 5.41) is 3.04. The third kappa shape index (κ3) is 6.80. The zero-order valence-corrected chi connectivity index (χ0v) is 21.9. The van der Waals surface area contributed by atoms with Crippen LogP contribution in [-0.4, -0.2) is 29.9 Å². The van der Waals surface area contributed by atoms with Crippen LogP contribution in [0.5, 0.6) is 0 Å². The van der Waals surface area contributed by atoms with Gasteiger partial charge in [-0.1, -0.05) is 76.1 Å². The van der Waals surface area contributed by atoms with E-state index in [1.54, 1.807) is 0 Å². The number of halogens is 1. The maximum absolute atomic E-state index is 12.7. The van der Waals surface area contributed by atoms with Gasteiger partial charge in [0, 0.05) is 22.6 Å². The summed E-state index contributed by atoms with van der Waals surface area (Å²) in [5.74, 6) is 0.736. The van der Waals surface area contributed by atoms with Crippen molar-refractivity contribution in [3.63, 3.8) is 0 Å². The van der Waals surface area contributed by atoms with Gasteiger partial charge in [-0.2, -0.15) is 0 Å². The molecule has 1 aliphatic rings. The number of hydrogen-bond donors (Lipinski definition) is 1. The maximum Gasteiger partial charge on any atom is 0.251 e. The summed E-state index contributed by atoms with van der Waals surface area (Å²) in [6.45, 7) is 7.33. The predicted molar refractivity (Wildman–Crippen MR) is 144 cm³/mol. The first-order chi connectivity index (χ1) is 16.5. The Kier molecular flexibility index (Phi) is 8.58. The van der Waals surface area contributed by atoms with Gasteiger partial charge < -0.3 is 10.2 Å². The molecule has 1 saturated heterocycles. The Labute approximate surface area is 212 Å². The molecular formula is C30H35BrN2O. The van der Waals surface area contributed by atoms with E-state index in [-0.39, 0.29) is 5.91 Å². The first kappa shape index (κ1) is 24.7. The molecule has 1 amide bonds. The van der Waals surface area contributed by atoms with Crippen molar-refractivity contribution in [3.8, 4) is 0 Å². The average molecular weight is 520 g/mol. The van der Waals surface area contributed by atoms with Gasteiger partial charge in [-0.15, -0.1) is 0 Å². The van der Waals surface area contributed by atoms with E-state index in [4.69, 9.17) is 0 Å². The molecule has 178 valence electrons. The SMILES string of the molecule is Cc1ccc(Br)c(CC2CCN(C(C)Cc3cccc(C(=O)NCc4ccccc4)c3)CC2)c1. The summed E-state index contributed by atoms with van der Waals surface area (Å²) in [4.78, 5) is 15.3. The summed E-state index contributed by atoms with van der Waals surface area (Å²) >= 11 is 3.73. The van der Waals surface area contributed by atoms with E-state index >= 15 is 0 Å². The minimum absolute atomic E-state index is 0.0125. The fourth-order valence-electron chi connectivity index (χ4n) is 4.96. The molecule has 1 heterocycles. The molecule has 1 atom stereocenters. The molecule has 0 radical (unpaired) electrons. The van der Waals surface area contributed by atoms with Crippen LogP contribution < -0.4 is 5.32 Å².